The van der Waals surface area contributed by atoms with Gasteiger partial charge in [-0.1, -0.05) is 30.7 Å². The van der Waals surface area contributed by atoms with E-state index in [1.54, 1.807) is 36.2 Å². The number of benzene rings is 1. The molecule has 0 bridgehead atoms. The van der Waals surface area contributed by atoms with Gasteiger partial charge in [0.05, 0.1) is 12.2 Å². The van der Waals surface area contributed by atoms with Gasteiger partial charge in [-0.25, -0.2) is 0 Å². The van der Waals surface area contributed by atoms with Gasteiger partial charge in [0.1, 0.15) is 5.70 Å². The van der Waals surface area contributed by atoms with E-state index < -0.39 is 0 Å². The smallest absolute Gasteiger partial charge is 0.277 e. The summed E-state index contributed by atoms with van der Waals surface area (Å²) in [5.74, 6) is -0.610. The molecular weight excluding hydrogens is 304 g/mol. The minimum Gasteiger partial charge on any atom is -0.395 e. The Balaban J connectivity index is 2.52. The predicted octanol–water partition coefficient (Wildman–Crippen LogP) is 1.75. The van der Waals surface area contributed by atoms with Crippen molar-refractivity contribution in [3.8, 4) is 0 Å². The fraction of sp³-hybridized carbons (Fsp3) is 0.375. The van der Waals surface area contributed by atoms with E-state index in [0.717, 1.165) is 0 Å². The first kappa shape index (κ1) is 16.5. The highest BCUT2D eigenvalue weighted by molar-refractivity contribution is 6.35. The van der Waals surface area contributed by atoms with Crippen LogP contribution in [0.15, 0.2) is 30.0 Å². The molecule has 0 atom stereocenters. The summed E-state index contributed by atoms with van der Waals surface area (Å²) in [5, 5.41) is 9.69. The predicted molar refractivity (Wildman–Crippen MR) is 85.1 cm³/mol. The average Bonchev–Trinajstić information content (AvgIpc) is 2.73. The van der Waals surface area contributed by atoms with Crippen LogP contribution >= 0.6 is 11.6 Å². The molecule has 1 heterocycles. The lowest BCUT2D eigenvalue weighted by molar-refractivity contribution is -0.137. The number of hydrogen-bond donors (Lipinski definition) is 1. The van der Waals surface area contributed by atoms with Crippen LogP contribution in [0.2, 0.25) is 5.02 Å². The molecule has 1 aromatic carbocycles. The largest absolute Gasteiger partial charge is 0.395 e. The summed E-state index contributed by atoms with van der Waals surface area (Å²) in [6, 6.07) is 6.83. The number of halogens is 1. The SMILES string of the molecule is CCCN1C(=O)C(c2ccc(Cl)cc2)=C(N(C)CCO)C1=O. The fourth-order valence-electron chi connectivity index (χ4n) is 2.48. The Hall–Kier alpha value is -1.85. The summed E-state index contributed by atoms with van der Waals surface area (Å²) >= 11 is 5.89. The van der Waals surface area contributed by atoms with Gasteiger partial charge in [0, 0.05) is 25.2 Å². The fourth-order valence-corrected chi connectivity index (χ4v) is 2.61. The van der Waals surface area contributed by atoms with Crippen LogP contribution in [0.5, 0.6) is 0 Å². The van der Waals surface area contributed by atoms with Crippen molar-refractivity contribution in [2.45, 2.75) is 13.3 Å². The zero-order chi connectivity index (χ0) is 16.3. The molecular formula is C16H19ClN2O3. The molecule has 1 N–H and O–H groups in total. The van der Waals surface area contributed by atoms with Gasteiger partial charge in [0.15, 0.2) is 0 Å². The standard InChI is InChI=1S/C16H19ClN2O3/c1-3-8-19-15(21)13(11-4-6-12(17)7-5-11)14(16(19)22)18(2)9-10-20/h4-7,20H,3,8-10H2,1-2H3. The van der Waals surface area contributed by atoms with Crippen LogP contribution in [0.1, 0.15) is 18.9 Å². The topological polar surface area (TPSA) is 60.9 Å². The first-order chi connectivity index (χ1) is 10.5. The summed E-state index contributed by atoms with van der Waals surface area (Å²) < 4.78 is 0. The van der Waals surface area contributed by atoms with E-state index in [1.165, 1.54) is 4.90 Å². The molecule has 0 fully saturated rings. The van der Waals surface area contributed by atoms with Crippen molar-refractivity contribution in [2.75, 3.05) is 26.7 Å². The van der Waals surface area contributed by atoms with Crippen LogP contribution in [-0.2, 0) is 9.59 Å². The van der Waals surface area contributed by atoms with Crippen LogP contribution in [-0.4, -0.2) is 53.5 Å². The molecule has 22 heavy (non-hydrogen) atoms. The van der Waals surface area contributed by atoms with Crippen molar-refractivity contribution in [3.63, 3.8) is 0 Å². The molecule has 6 heteroatoms. The molecule has 118 valence electrons. The first-order valence-electron chi connectivity index (χ1n) is 7.19. The third-order valence-electron chi connectivity index (χ3n) is 3.54. The molecule has 0 unspecified atom stereocenters. The van der Waals surface area contributed by atoms with E-state index >= 15 is 0 Å². The number of carbonyl (C=O) groups excluding carboxylic acids is 2. The van der Waals surface area contributed by atoms with E-state index in [2.05, 4.69) is 0 Å². The number of carbonyl (C=O) groups is 2. The van der Waals surface area contributed by atoms with Crippen LogP contribution in [0, 0.1) is 0 Å². The molecule has 0 saturated carbocycles. The summed E-state index contributed by atoms with van der Waals surface area (Å²) in [5.41, 5.74) is 1.35. The van der Waals surface area contributed by atoms with Gasteiger partial charge in [-0.05, 0) is 24.1 Å². The maximum atomic E-state index is 12.6. The third kappa shape index (κ3) is 3.00. The minimum atomic E-state index is -0.312. The van der Waals surface area contributed by atoms with Crippen LogP contribution in [0.3, 0.4) is 0 Å². The van der Waals surface area contributed by atoms with Gasteiger partial charge >= 0.3 is 0 Å². The Morgan fingerprint density at radius 1 is 1.18 bits per heavy atom. The Morgan fingerprint density at radius 3 is 2.36 bits per heavy atom. The number of aliphatic hydroxyl groups excluding tert-OH is 1. The maximum absolute atomic E-state index is 12.6. The number of rotatable bonds is 6. The Bertz CT molecular complexity index is 610. The van der Waals surface area contributed by atoms with Crippen molar-refractivity contribution >= 4 is 29.0 Å². The number of hydrogen-bond acceptors (Lipinski definition) is 4. The number of aliphatic hydroxyl groups is 1. The molecule has 0 aromatic heterocycles. The van der Waals surface area contributed by atoms with E-state index in [-0.39, 0.29) is 25.0 Å². The van der Waals surface area contributed by atoms with Crippen LogP contribution in [0.4, 0.5) is 0 Å². The number of likely N-dealkylation sites (N-methyl/N-ethyl adjacent to an activating group) is 1. The number of nitrogens with zero attached hydrogens (tertiary/aromatic N) is 2. The average molecular weight is 323 g/mol. The summed E-state index contributed by atoms with van der Waals surface area (Å²) in [4.78, 5) is 28.1. The van der Waals surface area contributed by atoms with Gasteiger partial charge in [0.2, 0.25) is 0 Å². The lowest BCUT2D eigenvalue weighted by Gasteiger charge is -2.20. The summed E-state index contributed by atoms with van der Waals surface area (Å²) in [6.45, 7) is 2.48. The Labute approximate surface area is 134 Å². The summed E-state index contributed by atoms with van der Waals surface area (Å²) in [7, 11) is 1.70. The van der Waals surface area contributed by atoms with Crippen molar-refractivity contribution < 1.29 is 14.7 Å². The second-order valence-corrected chi connectivity index (χ2v) is 5.57. The molecule has 5 nitrogen and oxygen atoms in total. The maximum Gasteiger partial charge on any atom is 0.277 e. The highest BCUT2D eigenvalue weighted by Gasteiger charge is 2.40. The molecule has 1 aliphatic heterocycles. The van der Waals surface area contributed by atoms with Gasteiger partial charge in [-0.15, -0.1) is 0 Å². The minimum absolute atomic E-state index is 0.0941. The second kappa shape index (κ2) is 6.94. The molecule has 0 radical (unpaired) electrons. The van der Waals surface area contributed by atoms with Gasteiger partial charge in [-0.3, -0.25) is 14.5 Å². The number of amides is 2. The Morgan fingerprint density at radius 2 is 1.82 bits per heavy atom. The molecule has 0 saturated heterocycles. The lowest BCUT2D eigenvalue weighted by Crippen LogP contribution is -2.35. The molecule has 1 aliphatic rings. The normalized spacial score (nSPS) is 15.0. The van der Waals surface area contributed by atoms with Crippen molar-refractivity contribution in [3.05, 3.63) is 40.5 Å². The molecule has 0 aliphatic carbocycles. The second-order valence-electron chi connectivity index (χ2n) is 5.14. The first-order valence-corrected chi connectivity index (χ1v) is 7.57. The van der Waals surface area contributed by atoms with Gasteiger partial charge in [-0.2, -0.15) is 0 Å². The molecule has 2 rings (SSSR count). The van der Waals surface area contributed by atoms with E-state index in [9.17, 15) is 9.59 Å². The van der Waals surface area contributed by atoms with Gasteiger partial charge < -0.3 is 10.0 Å². The van der Waals surface area contributed by atoms with E-state index in [0.29, 0.717) is 34.8 Å². The third-order valence-corrected chi connectivity index (χ3v) is 3.79. The number of imide groups is 1. The van der Waals surface area contributed by atoms with Crippen LogP contribution in [0.25, 0.3) is 5.57 Å². The highest BCUT2D eigenvalue weighted by atomic mass is 35.5. The quantitative estimate of drug-likeness (QED) is 0.811. The zero-order valence-corrected chi connectivity index (χ0v) is 13.4. The van der Waals surface area contributed by atoms with E-state index in [4.69, 9.17) is 16.7 Å². The van der Waals surface area contributed by atoms with Crippen molar-refractivity contribution in [1.29, 1.82) is 0 Å². The molecule has 0 spiro atoms. The van der Waals surface area contributed by atoms with Crippen LogP contribution < -0.4 is 0 Å². The Kier molecular flexibility index (Phi) is 5.21. The zero-order valence-electron chi connectivity index (χ0n) is 12.7. The highest BCUT2D eigenvalue weighted by Crippen LogP contribution is 2.31. The van der Waals surface area contributed by atoms with Crippen molar-refractivity contribution in [1.82, 2.24) is 9.80 Å². The van der Waals surface area contributed by atoms with E-state index in [1.807, 2.05) is 6.92 Å². The van der Waals surface area contributed by atoms with Crippen molar-refractivity contribution in [2.24, 2.45) is 0 Å². The monoisotopic (exact) mass is 322 g/mol. The summed E-state index contributed by atoms with van der Waals surface area (Å²) in [6.07, 6.45) is 0.697. The van der Waals surface area contributed by atoms with Gasteiger partial charge in [0.25, 0.3) is 11.8 Å². The molecule has 2 amide bonds. The molecule has 1 aromatic rings. The lowest BCUT2D eigenvalue weighted by atomic mass is 10.0.